The lowest BCUT2D eigenvalue weighted by Gasteiger charge is -2.14. The van der Waals surface area contributed by atoms with Crippen LogP contribution in [0.2, 0.25) is 0 Å². The summed E-state index contributed by atoms with van der Waals surface area (Å²) in [6.45, 7) is 0.827. The topological polar surface area (TPSA) is 82.0 Å². The van der Waals surface area contributed by atoms with Gasteiger partial charge in [0.05, 0.1) is 12.7 Å². The van der Waals surface area contributed by atoms with E-state index in [4.69, 9.17) is 4.74 Å². The molecule has 0 unspecified atom stereocenters. The van der Waals surface area contributed by atoms with Gasteiger partial charge in [0.15, 0.2) is 0 Å². The molecule has 0 heterocycles. The predicted molar refractivity (Wildman–Crippen MR) is 134 cm³/mol. The highest BCUT2D eigenvalue weighted by molar-refractivity contribution is 5.65. The van der Waals surface area contributed by atoms with E-state index < -0.39 is 6.10 Å². The van der Waals surface area contributed by atoms with E-state index in [0.29, 0.717) is 24.2 Å². The molecule has 4 N–H and O–H groups in total. The summed E-state index contributed by atoms with van der Waals surface area (Å²) in [5, 5.41) is 32.5. The van der Waals surface area contributed by atoms with Crippen LogP contribution in [0.3, 0.4) is 0 Å². The van der Waals surface area contributed by atoms with Crippen LogP contribution >= 0.6 is 0 Å². The average molecular weight is 456 g/mol. The first kappa shape index (κ1) is 23.5. The van der Waals surface area contributed by atoms with E-state index in [-0.39, 0.29) is 12.4 Å². The van der Waals surface area contributed by atoms with Crippen LogP contribution in [0.5, 0.6) is 17.2 Å². The van der Waals surface area contributed by atoms with Gasteiger partial charge in [-0.05, 0) is 71.6 Å². The van der Waals surface area contributed by atoms with Crippen LogP contribution in [-0.4, -0.2) is 28.4 Å². The monoisotopic (exact) mass is 455 g/mol. The molecule has 5 nitrogen and oxygen atoms in total. The second kappa shape index (κ2) is 11.5. The molecular weight excluding hydrogens is 426 g/mol. The first-order chi connectivity index (χ1) is 16.6. The third-order valence-corrected chi connectivity index (χ3v) is 5.69. The Balaban J connectivity index is 1.26. The lowest BCUT2D eigenvalue weighted by atomic mass is 10.1. The fourth-order valence-electron chi connectivity index (χ4n) is 3.76. The Labute approximate surface area is 199 Å². The molecule has 0 saturated heterocycles. The smallest absolute Gasteiger partial charge is 0.128 e. The van der Waals surface area contributed by atoms with Crippen LogP contribution in [0.4, 0.5) is 0 Å². The third-order valence-electron chi connectivity index (χ3n) is 5.69. The zero-order valence-electron chi connectivity index (χ0n) is 18.9. The molecular formula is C29H29NO4. The first-order valence-corrected chi connectivity index (χ1v) is 11.4. The number of hydrogen-bond donors (Lipinski definition) is 4. The number of ether oxygens (including phenoxy) is 1. The summed E-state index contributed by atoms with van der Waals surface area (Å²) >= 11 is 0. The molecule has 0 bridgehead atoms. The molecule has 0 amide bonds. The summed E-state index contributed by atoms with van der Waals surface area (Å²) in [6.07, 6.45) is 0.0989. The number of rotatable bonds is 10. The van der Waals surface area contributed by atoms with Crippen molar-refractivity contribution >= 4 is 0 Å². The van der Waals surface area contributed by atoms with Gasteiger partial charge in [-0.2, -0.15) is 0 Å². The number of benzene rings is 4. The number of aliphatic hydroxyl groups excluding tert-OH is 2. The highest BCUT2D eigenvalue weighted by Crippen LogP contribution is 2.27. The molecule has 4 rings (SSSR count). The van der Waals surface area contributed by atoms with Crippen LogP contribution in [0.15, 0.2) is 97.1 Å². The van der Waals surface area contributed by atoms with Crippen molar-refractivity contribution in [2.75, 3.05) is 13.1 Å². The minimum absolute atomic E-state index is 0.0303. The molecule has 0 saturated carbocycles. The van der Waals surface area contributed by atoms with Gasteiger partial charge in [-0.1, -0.05) is 60.7 Å². The largest absolute Gasteiger partial charge is 0.508 e. The third kappa shape index (κ3) is 6.23. The van der Waals surface area contributed by atoms with Crippen LogP contribution in [-0.2, 0) is 13.0 Å². The Bertz CT molecular complexity index is 1190. The van der Waals surface area contributed by atoms with Crippen LogP contribution in [0, 0.1) is 0 Å². The van der Waals surface area contributed by atoms with Crippen LogP contribution in [0.25, 0.3) is 11.1 Å². The summed E-state index contributed by atoms with van der Waals surface area (Å²) in [5.41, 5.74) is 4.50. The molecule has 0 fully saturated rings. The summed E-state index contributed by atoms with van der Waals surface area (Å²) in [6, 6.07) is 31.1. The zero-order chi connectivity index (χ0) is 23.8. The summed E-state index contributed by atoms with van der Waals surface area (Å²) < 4.78 is 6.04. The maximum atomic E-state index is 10.4. The molecule has 0 aliphatic carbocycles. The van der Waals surface area contributed by atoms with Gasteiger partial charge >= 0.3 is 0 Å². The Morgan fingerprint density at radius 3 is 2.29 bits per heavy atom. The highest BCUT2D eigenvalue weighted by Gasteiger charge is 2.10. The van der Waals surface area contributed by atoms with Crippen LogP contribution < -0.4 is 10.1 Å². The van der Waals surface area contributed by atoms with E-state index in [2.05, 4.69) is 23.5 Å². The molecule has 0 spiro atoms. The average Bonchev–Trinajstić information content (AvgIpc) is 2.88. The second-order valence-electron chi connectivity index (χ2n) is 8.16. The van der Waals surface area contributed by atoms with Gasteiger partial charge in [0, 0.05) is 12.1 Å². The van der Waals surface area contributed by atoms with Gasteiger partial charge in [0.25, 0.3) is 0 Å². The molecule has 4 aromatic carbocycles. The first-order valence-electron chi connectivity index (χ1n) is 11.4. The highest BCUT2D eigenvalue weighted by atomic mass is 16.5. The van der Waals surface area contributed by atoms with E-state index in [1.54, 1.807) is 12.1 Å². The van der Waals surface area contributed by atoms with Gasteiger partial charge in [-0.25, -0.2) is 0 Å². The van der Waals surface area contributed by atoms with Crippen molar-refractivity contribution in [2.24, 2.45) is 0 Å². The fourth-order valence-corrected chi connectivity index (χ4v) is 3.76. The van der Waals surface area contributed by atoms with Gasteiger partial charge in [0.2, 0.25) is 0 Å². The van der Waals surface area contributed by atoms with Crippen molar-refractivity contribution < 1.29 is 20.1 Å². The second-order valence-corrected chi connectivity index (χ2v) is 8.16. The Kier molecular flexibility index (Phi) is 7.94. The molecule has 0 aliphatic rings. The molecule has 174 valence electrons. The van der Waals surface area contributed by atoms with Crippen molar-refractivity contribution in [3.63, 3.8) is 0 Å². The lowest BCUT2D eigenvalue weighted by Crippen LogP contribution is -2.23. The summed E-state index contributed by atoms with van der Waals surface area (Å²) in [5.74, 6) is 1.61. The van der Waals surface area contributed by atoms with E-state index in [1.807, 2.05) is 60.7 Å². The quantitative estimate of drug-likeness (QED) is 0.247. The van der Waals surface area contributed by atoms with E-state index >= 15 is 0 Å². The molecule has 5 heteroatoms. The maximum absolute atomic E-state index is 10.4. The molecule has 4 aromatic rings. The van der Waals surface area contributed by atoms with Crippen molar-refractivity contribution in [3.05, 3.63) is 114 Å². The number of nitrogens with one attached hydrogen (secondary N) is 1. The Hall–Kier alpha value is -3.64. The molecule has 0 radical (unpaired) electrons. The lowest BCUT2D eigenvalue weighted by molar-refractivity contribution is 0.174. The van der Waals surface area contributed by atoms with Gasteiger partial charge in [-0.3, -0.25) is 0 Å². The minimum atomic E-state index is -0.715. The predicted octanol–water partition coefficient (Wildman–Crippen LogP) is 5.21. The number of aromatic hydroxyl groups is 1. The van der Waals surface area contributed by atoms with Crippen molar-refractivity contribution in [2.45, 2.75) is 19.1 Å². The number of phenols is 1. The molecule has 0 aromatic heterocycles. The van der Waals surface area contributed by atoms with Gasteiger partial charge < -0.3 is 25.4 Å². The van der Waals surface area contributed by atoms with Crippen molar-refractivity contribution in [1.29, 1.82) is 0 Å². The summed E-state index contributed by atoms with van der Waals surface area (Å²) in [4.78, 5) is 0. The SMILES string of the molecule is OCc1cc([C@@H](O)CNCCc2ccc(Oc3cccc(-c4ccccc4)c3)cc2)ccc1O. The molecule has 0 aliphatic heterocycles. The summed E-state index contributed by atoms with van der Waals surface area (Å²) in [7, 11) is 0. The van der Waals surface area contributed by atoms with E-state index in [9.17, 15) is 15.3 Å². The Morgan fingerprint density at radius 1 is 0.765 bits per heavy atom. The minimum Gasteiger partial charge on any atom is -0.508 e. The number of hydrogen-bond acceptors (Lipinski definition) is 5. The van der Waals surface area contributed by atoms with Crippen molar-refractivity contribution in [3.8, 4) is 28.4 Å². The Morgan fingerprint density at radius 2 is 1.53 bits per heavy atom. The maximum Gasteiger partial charge on any atom is 0.128 e. The van der Waals surface area contributed by atoms with E-state index in [0.717, 1.165) is 29.0 Å². The fraction of sp³-hybridized carbons (Fsp3) is 0.172. The van der Waals surface area contributed by atoms with Crippen LogP contribution in [0.1, 0.15) is 22.8 Å². The number of aliphatic hydroxyl groups is 2. The molecule has 1 atom stereocenters. The molecule has 34 heavy (non-hydrogen) atoms. The standard InChI is InChI=1S/C29H29NO4/c31-20-25-17-24(11-14-28(25)32)29(33)19-30-16-15-21-9-12-26(13-10-21)34-27-8-4-7-23(18-27)22-5-2-1-3-6-22/h1-14,17-18,29-33H,15-16,19-20H2/t29-/m0/s1. The van der Waals surface area contributed by atoms with Gasteiger partial charge in [0.1, 0.15) is 17.2 Å². The van der Waals surface area contributed by atoms with Gasteiger partial charge in [-0.15, -0.1) is 0 Å². The van der Waals surface area contributed by atoms with Crippen molar-refractivity contribution in [1.82, 2.24) is 5.32 Å². The van der Waals surface area contributed by atoms with E-state index in [1.165, 1.54) is 11.6 Å². The zero-order valence-corrected chi connectivity index (χ0v) is 18.9. The normalized spacial score (nSPS) is 11.8.